The molecule has 0 radical (unpaired) electrons. The van der Waals surface area contributed by atoms with Crippen LogP contribution in [0.4, 0.5) is 14.6 Å². The van der Waals surface area contributed by atoms with Crippen molar-refractivity contribution in [1.82, 2.24) is 4.98 Å². The smallest absolute Gasteiger partial charge is 0.267 e. The second-order valence-corrected chi connectivity index (χ2v) is 2.39. The number of aromatic hydroxyl groups is 1. The van der Waals surface area contributed by atoms with Crippen LogP contribution in [0.3, 0.4) is 0 Å². The molecule has 1 aromatic heterocycles. The van der Waals surface area contributed by atoms with Crippen LogP contribution in [0.25, 0.3) is 0 Å². The van der Waals surface area contributed by atoms with Gasteiger partial charge in [0.15, 0.2) is 11.6 Å². The summed E-state index contributed by atoms with van der Waals surface area (Å²) >= 11 is 0. The van der Waals surface area contributed by atoms with E-state index in [-0.39, 0.29) is 5.82 Å². The van der Waals surface area contributed by atoms with Crippen molar-refractivity contribution in [3.8, 4) is 5.75 Å². The first-order valence-electron chi connectivity index (χ1n) is 3.26. The molecule has 0 amide bonds. The van der Waals surface area contributed by atoms with Crippen molar-refractivity contribution in [2.45, 2.75) is 13.3 Å². The number of nitrogen functional groups attached to an aromatic ring is 1. The summed E-state index contributed by atoms with van der Waals surface area (Å²) in [5.41, 5.74) is 5.05. The Bertz CT molecular complexity index is 302. The van der Waals surface area contributed by atoms with Gasteiger partial charge in [0, 0.05) is 5.69 Å². The third-order valence-electron chi connectivity index (χ3n) is 1.41. The van der Waals surface area contributed by atoms with Crippen molar-refractivity contribution in [2.75, 3.05) is 5.73 Å². The molecule has 1 heterocycles. The standard InChI is InChI=1S/C7H8F2N2O/c1-3-2-4(6(8)9)5(12)7(10)11-3/h2,6,12H,1H3,(H2,10,11). The van der Waals surface area contributed by atoms with Gasteiger partial charge in [-0.25, -0.2) is 13.8 Å². The number of rotatable bonds is 1. The summed E-state index contributed by atoms with van der Waals surface area (Å²) in [5.74, 6) is -0.888. The van der Waals surface area contributed by atoms with Crippen LogP contribution in [0.2, 0.25) is 0 Å². The molecule has 0 aliphatic heterocycles. The molecule has 0 fully saturated rings. The van der Waals surface area contributed by atoms with Crippen molar-refractivity contribution in [3.63, 3.8) is 0 Å². The van der Waals surface area contributed by atoms with E-state index < -0.39 is 17.7 Å². The average molecular weight is 174 g/mol. The maximum absolute atomic E-state index is 12.1. The van der Waals surface area contributed by atoms with E-state index >= 15 is 0 Å². The highest BCUT2D eigenvalue weighted by Crippen LogP contribution is 2.31. The topological polar surface area (TPSA) is 59.1 Å². The van der Waals surface area contributed by atoms with Crippen molar-refractivity contribution in [3.05, 3.63) is 17.3 Å². The lowest BCUT2D eigenvalue weighted by Crippen LogP contribution is -1.97. The second-order valence-electron chi connectivity index (χ2n) is 2.39. The van der Waals surface area contributed by atoms with Crippen LogP contribution in [0.15, 0.2) is 6.07 Å². The maximum atomic E-state index is 12.1. The van der Waals surface area contributed by atoms with Gasteiger partial charge in [0.25, 0.3) is 6.43 Å². The molecule has 0 atom stereocenters. The molecule has 0 saturated carbocycles. The van der Waals surface area contributed by atoms with Crippen molar-refractivity contribution in [2.24, 2.45) is 0 Å². The Morgan fingerprint density at radius 2 is 2.17 bits per heavy atom. The highest BCUT2D eigenvalue weighted by Gasteiger charge is 2.15. The Labute approximate surface area is 67.8 Å². The van der Waals surface area contributed by atoms with Crippen molar-refractivity contribution < 1.29 is 13.9 Å². The second kappa shape index (κ2) is 2.92. The minimum atomic E-state index is -2.73. The summed E-state index contributed by atoms with van der Waals surface area (Å²) in [5, 5.41) is 9.02. The van der Waals surface area contributed by atoms with Gasteiger partial charge < -0.3 is 10.8 Å². The number of halogens is 2. The first-order valence-corrected chi connectivity index (χ1v) is 3.26. The zero-order valence-electron chi connectivity index (χ0n) is 6.38. The van der Waals surface area contributed by atoms with E-state index in [1.807, 2.05) is 0 Å². The third kappa shape index (κ3) is 1.44. The molecule has 3 nitrogen and oxygen atoms in total. The highest BCUT2D eigenvalue weighted by atomic mass is 19.3. The zero-order valence-corrected chi connectivity index (χ0v) is 6.38. The van der Waals surface area contributed by atoms with Crippen LogP contribution in [-0.4, -0.2) is 10.1 Å². The lowest BCUT2D eigenvalue weighted by molar-refractivity contribution is 0.147. The summed E-state index contributed by atoms with van der Waals surface area (Å²) in [7, 11) is 0. The van der Waals surface area contributed by atoms with Gasteiger partial charge in [-0.2, -0.15) is 0 Å². The van der Waals surface area contributed by atoms with Gasteiger partial charge in [-0.15, -0.1) is 0 Å². The molecule has 1 rings (SSSR count). The van der Waals surface area contributed by atoms with Crippen LogP contribution < -0.4 is 5.73 Å². The van der Waals surface area contributed by atoms with Gasteiger partial charge in [0.05, 0.1) is 5.56 Å². The Kier molecular flexibility index (Phi) is 2.12. The number of aryl methyl sites for hydroxylation is 1. The van der Waals surface area contributed by atoms with Gasteiger partial charge in [-0.3, -0.25) is 0 Å². The van der Waals surface area contributed by atoms with Crippen LogP contribution in [0, 0.1) is 6.92 Å². The number of aromatic nitrogens is 1. The maximum Gasteiger partial charge on any atom is 0.267 e. The summed E-state index contributed by atoms with van der Waals surface area (Å²) in [6.07, 6.45) is -2.73. The molecule has 12 heavy (non-hydrogen) atoms. The van der Waals surface area contributed by atoms with Gasteiger partial charge in [-0.1, -0.05) is 0 Å². The molecule has 5 heteroatoms. The number of alkyl halides is 2. The Morgan fingerprint density at radius 1 is 1.58 bits per heavy atom. The molecular weight excluding hydrogens is 166 g/mol. The average Bonchev–Trinajstić information content (AvgIpc) is 1.96. The predicted octanol–water partition coefficient (Wildman–Crippen LogP) is 1.62. The van der Waals surface area contributed by atoms with Crippen LogP contribution in [0.1, 0.15) is 17.7 Å². The summed E-state index contributed by atoms with van der Waals surface area (Å²) in [6.45, 7) is 1.53. The fourth-order valence-corrected chi connectivity index (χ4v) is 0.883. The van der Waals surface area contributed by atoms with Gasteiger partial charge in [0.2, 0.25) is 0 Å². The molecule has 0 unspecified atom stereocenters. The van der Waals surface area contributed by atoms with Crippen molar-refractivity contribution >= 4 is 5.82 Å². The number of anilines is 1. The molecule has 0 bridgehead atoms. The van der Waals surface area contributed by atoms with Crippen LogP contribution >= 0.6 is 0 Å². The Morgan fingerprint density at radius 3 is 2.67 bits per heavy atom. The van der Waals surface area contributed by atoms with E-state index in [0.29, 0.717) is 5.69 Å². The number of nitrogens with zero attached hydrogens (tertiary/aromatic N) is 1. The first-order chi connectivity index (χ1) is 5.52. The summed E-state index contributed by atoms with van der Waals surface area (Å²) < 4.78 is 24.3. The van der Waals surface area contributed by atoms with E-state index in [1.165, 1.54) is 6.92 Å². The zero-order chi connectivity index (χ0) is 9.30. The largest absolute Gasteiger partial charge is 0.504 e. The SMILES string of the molecule is Cc1cc(C(F)F)c(O)c(N)n1. The van der Waals surface area contributed by atoms with E-state index in [4.69, 9.17) is 10.8 Å². The van der Waals surface area contributed by atoms with Crippen LogP contribution in [0.5, 0.6) is 5.75 Å². The Hall–Kier alpha value is -1.39. The lowest BCUT2D eigenvalue weighted by atomic mass is 10.2. The predicted molar refractivity (Wildman–Crippen MR) is 40.0 cm³/mol. The lowest BCUT2D eigenvalue weighted by Gasteiger charge is -2.05. The highest BCUT2D eigenvalue weighted by molar-refractivity contribution is 5.51. The quantitative estimate of drug-likeness (QED) is 0.680. The number of hydrogen-bond donors (Lipinski definition) is 2. The van der Waals surface area contributed by atoms with Crippen LogP contribution in [-0.2, 0) is 0 Å². The minimum Gasteiger partial charge on any atom is -0.504 e. The molecule has 1 aromatic rings. The van der Waals surface area contributed by atoms with E-state index in [1.54, 1.807) is 0 Å². The third-order valence-corrected chi connectivity index (χ3v) is 1.41. The molecule has 66 valence electrons. The molecule has 0 spiro atoms. The Balaban J connectivity index is 3.28. The molecule has 0 aliphatic carbocycles. The molecular formula is C7H8F2N2O. The first kappa shape index (κ1) is 8.70. The fourth-order valence-electron chi connectivity index (χ4n) is 0.883. The van der Waals surface area contributed by atoms with Crippen molar-refractivity contribution in [1.29, 1.82) is 0 Å². The minimum absolute atomic E-state index is 0.259. The van der Waals surface area contributed by atoms with E-state index in [2.05, 4.69) is 4.98 Å². The van der Waals surface area contributed by atoms with Gasteiger partial charge >= 0.3 is 0 Å². The molecule has 0 aromatic carbocycles. The number of nitrogens with two attached hydrogens (primary N) is 1. The molecule has 0 saturated heterocycles. The van der Waals surface area contributed by atoms with Gasteiger partial charge in [-0.05, 0) is 13.0 Å². The monoisotopic (exact) mass is 174 g/mol. The molecule has 0 aliphatic rings. The normalized spacial score (nSPS) is 10.7. The van der Waals surface area contributed by atoms with E-state index in [9.17, 15) is 8.78 Å². The van der Waals surface area contributed by atoms with Gasteiger partial charge in [0.1, 0.15) is 0 Å². The van der Waals surface area contributed by atoms with E-state index in [0.717, 1.165) is 6.07 Å². The fraction of sp³-hybridized carbons (Fsp3) is 0.286. The summed E-state index contributed by atoms with van der Waals surface area (Å²) in [4.78, 5) is 3.61. The summed E-state index contributed by atoms with van der Waals surface area (Å²) in [6, 6.07) is 1.11. The number of hydrogen-bond acceptors (Lipinski definition) is 3. The number of pyridine rings is 1. The molecule has 3 N–H and O–H groups in total.